The van der Waals surface area contributed by atoms with E-state index < -0.39 is 0 Å². The first-order valence-electron chi connectivity index (χ1n) is 9.02. The molecule has 0 fully saturated rings. The van der Waals surface area contributed by atoms with E-state index in [2.05, 4.69) is 5.32 Å². The van der Waals surface area contributed by atoms with Crippen molar-refractivity contribution in [2.75, 3.05) is 32.1 Å². The highest BCUT2D eigenvalue weighted by atomic mass is 16.5. The van der Waals surface area contributed by atoms with Gasteiger partial charge in [-0.05, 0) is 37.6 Å². The van der Waals surface area contributed by atoms with Gasteiger partial charge in [0.05, 0.1) is 20.3 Å². The molecule has 0 saturated carbocycles. The molecular formula is C21H26N2O4. The van der Waals surface area contributed by atoms with E-state index in [0.29, 0.717) is 37.4 Å². The fourth-order valence-corrected chi connectivity index (χ4v) is 2.54. The standard InChI is InChI=1S/C21H26N2O4/c1-3-23(16-20(24)22-17-9-7-12-19(15-17)26-2)21(25)13-8-14-27-18-10-5-4-6-11-18/h4-7,9-12,15H,3,8,13-14,16H2,1-2H3,(H,22,24). The largest absolute Gasteiger partial charge is 0.497 e. The lowest BCUT2D eigenvalue weighted by Crippen LogP contribution is -2.37. The number of para-hydroxylation sites is 1. The molecule has 27 heavy (non-hydrogen) atoms. The van der Waals surface area contributed by atoms with Gasteiger partial charge in [0.15, 0.2) is 0 Å². The van der Waals surface area contributed by atoms with Crippen LogP contribution < -0.4 is 14.8 Å². The maximum Gasteiger partial charge on any atom is 0.243 e. The molecule has 2 aromatic rings. The van der Waals surface area contributed by atoms with Gasteiger partial charge in [-0.3, -0.25) is 9.59 Å². The maximum absolute atomic E-state index is 12.3. The van der Waals surface area contributed by atoms with Crippen molar-refractivity contribution in [1.82, 2.24) is 4.90 Å². The van der Waals surface area contributed by atoms with Crippen molar-refractivity contribution >= 4 is 17.5 Å². The quantitative estimate of drug-likeness (QED) is 0.652. The summed E-state index contributed by atoms with van der Waals surface area (Å²) in [7, 11) is 1.57. The Labute approximate surface area is 160 Å². The Morgan fingerprint density at radius 3 is 2.48 bits per heavy atom. The third-order valence-corrected chi connectivity index (χ3v) is 3.97. The van der Waals surface area contributed by atoms with E-state index in [9.17, 15) is 9.59 Å². The third kappa shape index (κ3) is 7.01. The van der Waals surface area contributed by atoms with Gasteiger partial charge < -0.3 is 19.7 Å². The number of amides is 2. The lowest BCUT2D eigenvalue weighted by Gasteiger charge is -2.20. The van der Waals surface area contributed by atoms with Crippen LogP contribution in [0.15, 0.2) is 54.6 Å². The zero-order valence-corrected chi connectivity index (χ0v) is 15.8. The minimum absolute atomic E-state index is 0.0199. The second-order valence-corrected chi connectivity index (χ2v) is 5.95. The summed E-state index contributed by atoms with van der Waals surface area (Å²) in [5.41, 5.74) is 0.638. The summed E-state index contributed by atoms with van der Waals surface area (Å²) in [6.07, 6.45) is 0.939. The normalized spacial score (nSPS) is 10.1. The number of anilines is 1. The molecule has 0 heterocycles. The summed E-state index contributed by atoms with van der Waals surface area (Å²) in [6.45, 7) is 2.82. The fraction of sp³-hybridized carbons (Fsp3) is 0.333. The van der Waals surface area contributed by atoms with Gasteiger partial charge in [0.2, 0.25) is 11.8 Å². The molecule has 144 valence electrons. The van der Waals surface area contributed by atoms with Crippen molar-refractivity contribution in [2.24, 2.45) is 0 Å². The number of hydrogen-bond acceptors (Lipinski definition) is 4. The van der Waals surface area contributed by atoms with Gasteiger partial charge in [-0.25, -0.2) is 0 Å². The van der Waals surface area contributed by atoms with Crippen LogP contribution in [0.3, 0.4) is 0 Å². The van der Waals surface area contributed by atoms with Gasteiger partial charge >= 0.3 is 0 Å². The molecule has 1 N–H and O–H groups in total. The summed E-state index contributed by atoms with van der Waals surface area (Å²) in [5.74, 6) is 1.15. The van der Waals surface area contributed by atoms with Crippen LogP contribution in [0.2, 0.25) is 0 Å². The molecule has 2 aromatic carbocycles. The minimum Gasteiger partial charge on any atom is -0.497 e. The number of carbonyl (C=O) groups excluding carboxylic acids is 2. The number of carbonyl (C=O) groups is 2. The monoisotopic (exact) mass is 370 g/mol. The van der Waals surface area contributed by atoms with E-state index in [1.165, 1.54) is 4.90 Å². The van der Waals surface area contributed by atoms with Crippen molar-refractivity contribution in [3.8, 4) is 11.5 Å². The lowest BCUT2D eigenvalue weighted by molar-refractivity contribution is -0.134. The molecule has 0 aliphatic carbocycles. The average molecular weight is 370 g/mol. The van der Waals surface area contributed by atoms with E-state index in [4.69, 9.17) is 9.47 Å². The first kappa shape index (κ1) is 20.3. The van der Waals surface area contributed by atoms with Crippen LogP contribution in [-0.2, 0) is 9.59 Å². The SMILES string of the molecule is CCN(CC(=O)Nc1cccc(OC)c1)C(=O)CCCOc1ccccc1. The van der Waals surface area contributed by atoms with Crippen LogP contribution in [-0.4, -0.2) is 43.5 Å². The van der Waals surface area contributed by atoms with Crippen molar-refractivity contribution in [3.05, 3.63) is 54.6 Å². The highest BCUT2D eigenvalue weighted by Gasteiger charge is 2.15. The van der Waals surface area contributed by atoms with Crippen LogP contribution in [0, 0.1) is 0 Å². The first-order chi connectivity index (χ1) is 13.1. The van der Waals surface area contributed by atoms with Crippen LogP contribution in [0.4, 0.5) is 5.69 Å². The van der Waals surface area contributed by atoms with Crippen LogP contribution in [0.1, 0.15) is 19.8 Å². The Kier molecular flexibility index (Phi) is 8.16. The summed E-state index contributed by atoms with van der Waals surface area (Å²) >= 11 is 0. The zero-order valence-electron chi connectivity index (χ0n) is 15.8. The predicted octanol–water partition coefficient (Wildman–Crippen LogP) is 3.34. The number of nitrogens with zero attached hydrogens (tertiary/aromatic N) is 1. The van der Waals surface area contributed by atoms with Crippen molar-refractivity contribution < 1.29 is 19.1 Å². The Morgan fingerprint density at radius 1 is 1.04 bits per heavy atom. The highest BCUT2D eigenvalue weighted by molar-refractivity contribution is 5.94. The van der Waals surface area contributed by atoms with Gasteiger partial charge in [0.25, 0.3) is 0 Å². The molecule has 0 spiro atoms. The molecule has 0 unspecified atom stereocenters. The summed E-state index contributed by atoms with van der Waals surface area (Å²) in [6, 6.07) is 16.6. The van der Waals surface area contributed by atoms with Gasteiger partial charge in [-0.15, -0.1) is 0 Å². The Balaban J connectivity index is 1.75. The van der Waals surface area contributed by atoms with Crippen molar-refractivity contribution in [3.63, 3.8) is 0 Å². The number of hydrogen-bond donors (Lipinski definition) is 1. The number of rotatable bonds is 10. The van der Waals surface area contributed by atoms with Gasteiger partial charge in [0, 0.05) is 24.7 Å². The maximum atomic E-state index is 12.3. The second-order valence-electron chi connectivity index (χ2n) is 5.95. The molecule has 6 nitrogen and oxygen atoms in total. The van der Waals surface area contributed by atoms with E-state index >= 15 is 0 Å². The van der Waals surface area contributed by atoms with E-state index in [1.807, 2.05) is 37.3 Å². The molecule has 6 heteroatoms. The topological polar surface area (TPSA) is 67.9 Å². The molecule has 0 bridgehead atoms. The average Bonchev–Trinajstić information content (AvgIpc) is 2.70. The minimum atomic E-state index is -0.237. The highest BCUT2D eigenvalue weighted by Crippen LogP contribution is 2.16. The fourth-order valence-electron chi connectivity index (χ4n) is 2.54. The number of methoxy groups -OCH3 is 1. The van der Waals surface area contributed by atoms with Crippen molar-refractivity contribution in [1.29, 1.82) is 0 Å². The third-order valence-electron chi connectivity index (χ3n) is 3.97. The molecule has 2 rings (SSSR count). The smallest absolute Gasteiger partial charge is 0.243 e. The number of nitrogens with one attached hydrogen (secondary N) is 1. The molecule has 0 aromatic heterocycles. The van der Waals surface area contributed by atoms with E-state index in [-0.39, 0.29) is 18.4 Å². The summed E-state index contributed by atoms with van der Waals surface area (Å²) < 4.78 is 10.7. The van der Waals surface area contributed by atoms with Gasteiger partial charge in [-0.1, -0.05) is 24.3 Å². The summed E-state index contributed by atoms with van der Waals surface area (Å²) in [5, 5.41) is 2.79. The molecule has 0 atom stereocenters. The molecular weight excluding hydrogens is 344 g/mol. The Bertz CT molecular complexity index is 734. The molecule has 0 aliphatic heterocycles. The lowest BCUT2D eigenvalue weighted by atomic mass is 10.2. The molecule has 2 amide bonds. The van der Waals surface area contributed by atoms with Crippen LogP contribution in [0.25, 0.3) is 0 Å². The molecule has 0 aliphatic rings. The summed E-state index contributed by atoms with van der Waals surface area (Å²) in [4.78, 5) is 26.1. The number of ether oxygens (including phenoxy) is 2. The van der Waals surface area contributed by atoms with E-state index in [0.717, 1.165) is 5.75 Å². The predicted molar refractivity (Wildman–Crippen MR) is 105 cm³/mol. The Morgan fingerprint density at radius 2 is 1.78 bits per heavy atom. The van der Waals surface area contributed by atoms with Crippen molar-refractivity contribution in [2.45, 2.75) is 19.8 Å². The van der Waals surface area contributed by atoms with Crippen LogP contribution in [0.5, 0.6) is 11.5 Å². The van der Waals surface area contributed by atoms with E-state index in [1.54, 1.807) is 31.4 Å². The van der Waals surface area contributed by atoms with Gasteiger partial charge in [0.1, 0.15) is 11.5 Å². The first-order valence-corrected chi connectivity index (χ1v) is 9.02. The molecule has 0 radical (unpaired) electrons. The Hall–Kier alpha value is -3.02. The number of benzene rings is 2. The zero-order chi connectivity index (χ0) is 19.5. The van der Waals surface area contributed by atoms with Gasteiger partial charge in [-0.2, -0.15) is 0 Å². The molecule has 0 saturated heterocycles. The number of likely N-dealkylation sites (N-methyl/N-ethyl adjacent to an activating group) is 1. The van der Waals surface area contributed by atoms with Crippen LogP contribution >= 0.6 is 0 Å². The second kappa shape index (κ2) is 10.9.